The molecule has 1 heterocycles. The van der Waals surface area contributed by atoms with Gasteiger partial charge in [0.25, 0.3) is 0 Å². The summed E-state index contributed by atoms with van der Waals surface area (Å²) < 4.78 is 15.5. The first-order valence-electron chi connectivity index (χ1n) is 7.80. The number of hydrogen-bond acceptors (Lipinski definition) is 2. The molecular formula is C20H18ClNOS2. The fraction of sp³-hybridized carbons (Fsp3) is 0.100. The summed E-state index contributed by atoms with van der Waals surface area (Å²) in [4.78, 5) is 1.58. The van der Waals surface area contributed by atoms with E-state index >= 15 is 0 Å². The maximum Gasteiger partial charge on any atom is 0.0933 e. The Hall–Kier alpha value is -1.75. The van der Waals surface area contributed by atoms with Gasteiger partial charge in [-0.15, -0.1) is 24.9 Å². The van der Waals surface area contributed by atoms with Gasteiger partial charge in [0, 0.05) is 27.6 Å². The maximum atomic E-state index is 13.4. The molecule has 128 valence electrons. The molecule has 0 fully saturated rings. The highest BCUT2D eigenvalue weighted by molar-refractivity contribution is 8.00. The van der Waals surface area contributed by atoms with Crippen molar-refractivity contribution in [3.63, 3.8) is 0 Å². The molecule has 3 aromatic rings. The van der Waals surface area contributed by atoms with Gasteiger partial charge in [0.2, 0.25) is 0 Å². The van der Waals surface area contributed by atoms with E-state index in [4.69, 9.17) is 11.6 Å². The zero-order chi connectivity index (χ0) is 17.8. The van der Waals surface area contributed by atoms with Crippen LogP contribution in [0.4, 0.5) is 0 Å². The average Bonchev–Trinajstić information content (AvgIpc) is 2.94. The normalized spacial score (nSPS) is 12.2. The fourth-order valence-electron chi connectivity index (χ4n) is 2.70. The molecular weight excluding hydrogens is 370 g/mol. The van der Waals surface area contributed by atoms with Gasteiger partial charge in [0.05, 0.1) is 26.2 Å². The summed E-state index contributed by atoms with van der Waals surface area (Å²) in [6, 6.07) is 15.2. The summed E-state index contributed by atoms with van der Waals surface area (Å²) in [7, 11) is -1.30. The van der Waals surface area contributed by atoms with Gasteiger partial charge < -0.3 is 4.57 Å². The predicted octanol–water partition coefficient (Wildman–Crippen LogP) is 5.93. The van der Waals surface area contributed by atoms with Gasteiger partial charge in [-0.05, 0) is 30.3 Å². The molecule has 3 rings (SSSR count). The van der Waals surface area contributed by atoms with Crippen LogP contribution in [0.2, 0.25) is 5.02 Å². The molecule has 0 N–H and O–H groups in total. The number of allylic oxidation sites excluding steroid dienone is 1. The summed E-state index contributed by atoms with van der Waals surface area (Å²) in [5, 5.41) is 2.63. The standard InChI is InChI=1S/C20H18ClNOS2/c1-3-13-22-18-8-6-5-7-17(18)19(20(22)24-14-4-2)25(23)16-11-9-15(21)10-12-16/h3-12H,1-2,13-14H2. The monoisotopic (exact) mass is 387 g/mol. The van der Waals surface area contributed by atoms with Gasteiger partial charge in [0.1, 0.15) is 0 Å². The van der Waals surface area contributed by atoms with Crippen LogP contribution in [0.5, 0.6) is 0 Å². The number of halogens is 1. The van der Waals surface area contributed by atoms with E-state index in [9.17, 15) is 4.21 Å². The minimum atomic E-state index is -1.30. The van der Waals surface area contributed by atoms with Crippen molar-refractivity contribution in [1.82, 2.24) is 4.57 Å². The number of hydrogen-bond donors (Lipinski definition) is 0. The third-order valence-electron chi connectivity index (χ3n) is 3.74. The van der Waals surface area contributed by atoms with Crippen LogP contribution >= 0.6 is 23.4 Å². The number of thioether (sulfide) groups is 1. The summed E-state index contributed by atoms with van der Waals surface area (Å²) in [5.74, 6) is 0.748. The first-order chi connectivity index (χ1) is 12.2. The molecule has 0 aliphatic rings. The van der Waals surface area contributed by atoms with Crippen molar-refractivity contribution in [1.29, 1.82) is 0 Å². The molecule has 0 amide bonds. The number of fused-ring (bicyclic) bond motifs is 1. The molecule has 0 aliphatic heterocycles. The van der Waals surface area contributed by atoms with Crippen molar-refractivity contribution in [3.8, 4) is 0 Å². The van der Waals surface area contributed by atoms with Crippen LogP contribution in [-0.2, 0) is 17.3 Å². The van der Waals surface area contributed by atoms with Crippen molar-refractivity contribution < 1.29 is 4.21 Å². The van der Waals surface area contributed by atoms with Crippen molar-refractivity contribution in [2.45, 2.75) is 21.4 Å². The van der Waals surface area contributed by atoms with Crippen molar-refractivity contribution in [2.75, 3.05) is 5.75 Å². The molecule has 0 saturated heterocycles. The largest absolute Gasteiger partial charge is 0.331 e. The molecule has 0 radical (unpaired) electrons. The maximum absolute atomic E-state index is 13.4. The third kappa shape index (κ3) is 3.61. The van der Waals surface area contributed by atoms with Crippen molar-refractivity contribution in [3.05, 3.63) is 78.9 Å². The van der Waals surface area contributed by atoms with Crippen molar-refractivity contribution >= 4 is 45.1 Å². The Labute approximate surface area is 159 Å². The molecule has 1 aromatic heterocycles. The van der Waals surface area contributed by atoms with Crippen LogP contribution in [0, 0.1) is 0 Å². The molecule has 0 saturated carbocycles. The average molecular weight is 388 g/mol. The lowest BCUT2D eigenvalue weighted by atomic mass is 10.2. The highest BCUT2D eigenvalue weighted by atomic mass is 35.5. The summed E-state index contributed by atoms with van der Waals surface area (Å²) in [6.07, 6.45) is 3.72. The Bertz CT molecular complexity index is 944. The third-order valence-corrected chi connectivity index (χ3v) is 6.71. The smallest absolute Gasteiger partial charge is 0.0933 e. The Balaban J connectivity index is 2.24. The van der Waals surface area contributed by atoms with Crippen LogP contribution < -0.4 is 0 Å². The molecule has 0 bridgehead atoms. The number of benzene rings is 2. The van der Waals surface area contributed by atoms with Gasteiger partial charge in [0.15, 0.2) is 0 Å². The van der Waals surface area contributed by atoms with Crippen LogP contribution in [0.3, 0.4) is 0 Å². The number of rotatable bonds is 7. The Morgan fingerprint density at radius 3 is 2.48 bits per heavy atom. The van der Waals surface area contributed by atoms with Gasteiger partial charge in [-0.2, -0.15) is 0 Å². The first kappa shape index (κ1) is 18.1. The van der Waals surface area contributed by atoms with Gasteiger partial charge in [-0.3, -0.25) is 0 Å². The van der Waals surface area contributed by atoms with E-state index in [-0.39, 0.29) is 0 Å². The summed E-state index contributed by atoms with van der Waals surface area (Å²) in [6.45, 7) is 8.34. The van der Waals surface area contributed by atoms with Gasteiger partial charge in [-0.1, -0.05) is 42.0 Å². The second-order valence-corrected chi connectivity index (χ2v) is 8.24. The van der Waals surface area contributed by atoms with E-state index < -0.39 is 10.8 Å². The summed E-state index contributed by atoms with van der Waals surface area (Å²) in [5.41, 5.74) is 1.06. The lowest BCUT2D eigenvalue weighted by molar-refractivity contribution is 0.678. The van der Waals surface area contributed by atoms with E-state index in [2.05, 4.69) is 23.8 Å². The Kier molecular flexibility index (Phi) is 5.84. The van der Waals surface area contributed by atoms with E-state index in [0.717, 1.165) is 31.5 Å². The predicted molar refractivity (Wildman–Crippen MR) is 109 cm³/mol. The lowest BCUT2D eigenvalue weighted by Crippen LogP contribution is -2.00. The van der Waals surface area contributed by atoms with E-state index in [1.807, 2.05) is 42.5 Å². The lowest BCUT2D eigenvalue weighted by Gasteiger charge is -2.09. The molecule has 2 aromatic carbocycles. The molecule has 0 spiro atoms. The second-order valence-electron chi connectivity index (χ2n) is 5.37. The molecule has 25 heavy (non-hydrogen) atoms. The van der Waals surface area contributed by atoms with Crippen LogP contribution in [-0.4, -0.2) is 14.5 Å². The number of nitrogens with zero attached hydrogens (tertiary/aromatic N) is 1. The second kappa shape index (κ2) is 8.09. The zero-order valence-corrected chi connectivity index (χ0v) is 16.0. The minimum absolute atomic E-state index is 0.635. The number of aromatic nitrogens is 1. The van der Waals surface area contributed by atoms with Crippen LogP contribution in [0.1, 0.15) is 0 Å². The zero-order valence-electron chi connectivity index (χ0n) is 13.7. The molecule has 0 aliphatic carbocycles. The number of para-hydroxylation sites is 1. The highest BCUT2D eigenvalue weighted by Gasteiger charge is 2.22. The van der Waals surface area contributed by atoms with Crippen molar-refractivity contribution in [2.24, 2.45) is 0 Å². The van der Waals surface area contributed by atoms with Crippen LogP contribution in [0.15, 0.2) is 88.7 Å². The topological polar surface area (TPSA) is 22.0 Å². The quantitative estimate of drug-likeness (QED) is 0.370. The molecule has 1 atom stereocenters. The van der Waals surface area contributed by atoms with E-state index in [0.29, 0.717) is 11.6 Å². The first-order valence-corrected chi connectivity index (χ1v) is 10.3. The fourth-order valence-corrected chi connectivity index (χ4v) is 5.33. The molecule has 2 nitrogen and oxygen atoms in total. The molecule has 5 heteroatoms. The highest BCUT2D eigenvalue weighted by Crippen LogP contribution is 2.38. The van der Waals surface area contributed by atoms with Crippen LogP contribution in [0.25, 0.3) is 10.9 Å². The SMILES string of the molecule is C=CCSc1c(S(=O)c2ccc(Cl)cc2)c2ccccc2n1CC=C. The Morgan fingerprint density at radius 1 is 1.08 bits per heavy atom. The van der Waals surface area contributed by atoms with Gasteiger partial charge >= 0.3 is 0 Å². The minimum Gasteiger partial charge on any atom is -0.331 e. The van der Waals surface area contributed by atoms with E-state index in [1.165, 1.54) is 0 Å². The summed E-state index contributed by atoms with van der Waals surface area (Å²) >= 11 is 7.62. The molecule has 1 unspecified atom stereocenters. The van der Waals surface area contributed by atoms with E-state index in [1.54, 1.807) is 23.9 Å². The Morgan fingerprint density at radius 2 is 1.80 bits per heavy atom. The van der Waals surface area contributed by atoms with Gasteiger partial charge in [-0.25, -0.2) is 4.21 Å².